The number of unbranched alkanes of at least 4 members (excludes halogenated alkanes) is 1. The summed E-state index contributed by atoms with van der Waals surface area (Å²) in [4.78, 5) is 0. The molecular formula is C12H15F4NO. The van der Waals surface area contributed by atoms with Crippen LogP contribution in [-0.2, 0) is 0 Å². The quantitative estimate of drug-likeness (QED) is 0.465. The Balaban J connectivity index is 2.52. The lowest BCUT2D eigenvalue weighted by Crippen LogP contribution is -2.15. The van der Waals surface area contributed by atoms with E-state index in [9.17, 15) is 17.6 Å². The van der Waals surface area contributed by atoms with Crippen LogP contribution in [0.2, 0.25) is 0 Å². The molecule has 0 fully saturated rings. The summed E-state index contributed by atoms with van der Waals surface area (Å²) >= 11 is 0. The molecule has 0 saturated carbocycles. The number of rotatable bonds is 7. The molecule has 18 heavy (non-hydrogen) atoms. The molecule has 0 aromatic heterocycles. The van der Waals surface area contributed by atoms with Gasteiger partial charge in [-0.25, -0.2) is 8.78 Å². The first-order valence-electron chi connectivity index (χ1n) is 5.74. The summed E-state index contributed by atoms with van der Waals surface area (Å²) in [7, 11) is 0. The van der Waals surface area contributed by atoms with Gasteiger partial charge < -0.3 is 10.1 Å². The van der Waals surface area contributed by atoms with Gasteiger partial charge in [0.25, 0.3) is 0 Å². The van der Waals surface area contributed by atoms with Crippen LogP contribution in [0.5, 0.6) is 5.75 Å². The normalized spacial score (nSPS) is 10.7. The van der Waals surface area contributed by atoms with Gasteiger partial charge in [-0.15, -0.1) is 0 Å². The smallest absolute Gasteiger partial charge is 0.203 e. The van der Waals surface area contributed by atoms with Gasteiger partial charge >= 0.3 is 0 Å². The van der Waals surface area contributed by atoms with Crippen molar-refractivity contribution in [2.45, 2.75) is 19.8 Å². The summed E-state index contributed by atoms with van der Waals surface area (Å²) in [5.74, 6) is -6.91. The highest BCUT2D eigenvalue weighted by Gasteiger charge is 2.20. The molecule has 0 amide bonds. The van der Waals surface area contributed by atoms with Gasteiger partial charge in [-0.3, -0.25) is 0 Å². The standard InChI is InChI=1S/C12H15F4NO/c1-2-17-5-3-4-6-18-12-10(15)8(13)7-9(14)11(12)16/h7,17H,2-6H2,1H3. The van der Waals surface area contributed by atoms with E-state index in [2.05, 4.69) is 5.32 Å². The topological polar surface area (TPSA) is 21.3 Å². The lowest BCUT2D eigenvalue weighted by Gasteiger charge is -2.09. The lowest BCUT2D eigenvalue weighted by atomic mass is 10.3. The zero-order chi connectivity index (χ0) is 13.5. The molecule has 0 saturated heterocycles. The molecule has 0 radical (unpaired) electrons. The number of hydrogen-bond donors (Lipinski definition) is 1. The first kappa shape index (κ1) is 14.8. The molecule has 1 N–H and O–H groups in total. The molecule has 6 heteroatoms. The van der Waals surface area contributed by atoms with E-state index in [1.807, 2.05) is 6.92 Å². The molecule has 1 rings (SSSR count). The largest absolute Gasteiger partial charge is 0.487 e. The highest BCUT2D eigenvalue weighted by Crippen LogP contribution is 2.26. The number of ether oxygens (including phenoxy) is 1. The summed E-state index contributed by atoms with van der Waals surface area (Å²) in [6, 6.07) is 0.155. The zero-order valence-corrected chi connectivity index (χ0v) is 10.0. The van der Waals surface area contributed by atoms with Crippen LogP contribution < -0.4 is 10.1 Å². The van der Waals surface area contributed by atoms with E-state index >= 15 is 0 Å². The predicted molar refractivity (Wildman–Crippen MR) is 59.5 cm³/mol. The van der Waals surface area contributed by atoms with Crippen molar-refractivity contribution in [3.05, 3.63) is 29.3 Å². The van der Waals surface area contributed by atoms with Crippen LogP contribution in [0.3, 0.4) is 0 Å². The summed E-state index contributed by atoms with van der Waals surface area (Å²) in [5, 5.41) is 3.06. The van der Waals surface area contributed by atoms with E-state index in [1.54, 1.807) is 0 Å². The van der Waals surface area contributed by atoms with Gasteiger partial charge in [-0.05, 0) is 25.9 Å². The molecule has 0 aliphatic carbocycles. The Morgan fingerprint density at radius 1 is 1.06 bits per heavy atom. The second-order valence-corrected chi connectivity index (χ2v) is 3.71. The Kier molecular flexibility index (Phi) is 5.91. The van der Waals surface area contributed by atoms with Crippen molar-refractivity contribution in [3.63, 3.8) is 0 Å². The third-order valence-corrected chi connectivity index (χ3v) is 2.32. The minimum absolute atomic E-state index is 0.00211. The first-order valence-corrected chi connectivity index (χ1v) is 5.74. The zero-order valence-electron chi connectivity index (χ0n) is 10.0. The van der Waals surface area contributed by atoms with Crippen molar-refractivity contribution in [2.75, 3.05) is 19.7 Å². The van der Waals surface area contributed by atoms with E-state index in [-0.39, 0.29) is 12.7 Å². The molecule has 0 aliphatic rings. The second kappa shape index (κ2) is 7.20. The Hall–Kier alpha value is -1.30. The number of nitrogens with one attached hydrogen (secondary N) is 1. The van der Waals surface area contributed by atoms with Crippen LogP contribution in [0.4, 0.5) is 17.6 Å². The molecule has 0 atom stereocenters. The summed E-state index contributed by atoms with van der Waals surface area (Å²) in [6.07, 6.45) is 1.28. The van der Waals surface area contributed by atoms with Crippen LogP contribution in [0.15, 0.2) is 6.07 Å². The Morgan fingerprint density at radius 2 is 1.67 bits per heavy atom. The van der Waals surface area contributed by atoms with E-state index in [1.165, 1.54) is 0 Å². The summed E-state index contributed by atoms with van der Waals surface area (Å²) < 4.78 is 56.7. The Morgan fingerprint density at radius 3 is 2.22 bits per heavy atom. The van der Waals surface area contributed by atoms with Gasteiger partial charge in [0.15, 0.2) is 17.4 Å². The Bertz CT molecular complexity index is 372. The van der Waals surface area contributed by atoms with Crippen molar-refractivity contribution in [1.82, 2.24) is 5.32 Å². The monoisotopic (exact) mass is 265 g/mol. The maximum absolute atomic E-state index is 13.2. The lowest BCUT2D eigenvalue weighted by molar-refractivity contribution is 0.264. The molecular weight excluding hydrogens is 250 g/mol. The molecule has 0 unspecified atom stereocenters. The molecule has 0 spiro atoms. The SMILES string of the molecule is CCNCCCCOc1c(F)c(F)cc(F)c1F. The minimum Gasteiger partial charge on any atom is -0.487 e. The van der Waals surface area contributed by atoms with Gasteiger partial charge in [0.05, 0.1) is 6.61 Å². The van der Waals surface area contributed by atoms with Crippen LogP contribution in [0.1, 0.15) is 19.8 Å². The van der Waals surface area contributed by atoms with Gasteiger partial charge in [-0.2, -0.15) is 8.78 Å². The van der Waals surface area contributed by atoms with Crippen LogP contribution >= 0.6 is 0 Å². The molecule has 0 heterocycles. The van der Waals surface area contributed by atoms with E-state index in [4.69, 9.17) is 4.74 Å². The van der Waals surface area contributed by atoms with E-state index in [0.717, 1.165) is 19.5 Å². The average Bonchev–Trinajstić information content (AvgIpc) is 2.35. The van der Waals surface area contributed by atoms with E-state index in [0.29, 0.717) is 6.42 Å². The van der Waals surface area contributed by atoms with Crippen molar-refractivity contribution >= 4 is 0 Å². The Labute approximate surface area is 103 Å². The highest BCUT2D eigenvalue weighted by atomic mass is 19.2. The van der Waals surface area contributed by atoms with Crippen LogP contribution in [0.25, 0.3) is 0 Å². The third-order valence-electron chi connectivity index (χ3n) is 2.32. The third kappa shape index (κ3) is 3.87. The second-order valence-electron chi connectivity index (χ2n) is 3.71. The van der Waals surface area contributed by atoms with E-state index < -0.39 is 29.0 Å². The summed E-state index contributed by atoms with van der Waals surface area (Å²) in [6.45, 7) is 3.54. The van der Waals surface area contributed by atoms with Crippen LogP contribution in [-0.4, -0.2) is 19.7 Å². The average molecular weight is 265 g/mol. The molecule has 0 bridgehead atoms. The van der Waals surface area contributed by atoms with Gasteiger partial charge in [0, 0.05) is 6.07 Å². The predicted octanol–water partition coefficient (Wildman–Crippen LogP) is 3.01. The summed E-state index contributed by atoms with van der Waals surface area (Å²) in [5.41, 5.74) is 0. The minimum atomic E-state index is -1.50. The highest BCUT2D eigenvalue weighted by molar-refractivity contribution is 5.28. The molecule has 1 aromatic carbocycles. The van der Waals surface area contributed by atoms with Crippen molar-refractivity contribution < 1.29 is 22.3 Å². The number of halogens is 4. The number of benzene rings is 1. The van der Waals surface area contributed by atoms with Crippen LogP contribution in [0, 0.1) is 23.3 Å². The fraction of sp³-hybridized carbons (Fsp3) is 0.500. The van der Waals surface area contributed by atoms with Gasteiger partial charge in [-0.1, -0.05) is 6.92 Å². The van der Waals surface area contributed by atoms with Gasteiger partial charge in [0.2, 0.25) is 11.6 Å². The van der Waals surface area contributed by atoms with Gasteiger partial charge in [0.1, 0.15) is 0 Å². The fourth-order valence-electron chi connectivity index (χ4n) is 1.38. The van der Waals surface area contributed by atoms with Crippen molar-refractivity contribution in [1.29, 1.82) is 0 Å². The molecule has 102 valence electrons. The first-order chi connectivity index (χ1) is 8.57. The fourth-order valence-corrected chi connectivity index (χ4v) is 1.38. The van der Waals surface area contributed by atoms with Crippen molar-refractivity contribution in [3.8, 4) is 5.75 Å². The van der Waals surface area contributed by atoms with Crippen molar-refractivity contribution in [2.24, 2.45) is 0 Å². The maximum atomic E-state index is 13.2. The number of hydrogen-bond acceptors (Lipinski definition) is 2. The molecule has 2 nitrogen and oxygen atoms in total. The maximum Gasteiger partial charge on any atom is 0.203 e. The molecule has 1 aromatic rings. The molecule has 0 aliphatic heterocycles.